The second kappa shape index (κ2) is 6.84. The minimum absolute atomic E-state index is 0.0668. The SMILES string of the molecule is CC1CN(CC(C)(C)O)CCN1C(=O)c1ccc2c(c1)N(C)CCO2. The van der Waals surface area contributed by atoms with Crippen LogP contribution >= 0.6 is 0 Å². The first-order valence-electron chi connectivity index (χ1n) is 8.98. The number of hydrogen-bond donors (Lipinski definition) is 1. The molecule has 3 rings (SSSR count). The Kier molecular flexibility index (Phi) is 4.93. The van der Waals surface area contributed by atoms with Crippen molar-refractivity contribution >= 4 is 11.6 Å². The zero-order valence-corrected chi connectivity index (χ0v) is 15.7. The smallest absolute Gasteiger partial charge is 0.254 e. The maximum Gasteiger partial charge on any atom is 0.254 e. The van der Waals surface area contributed by atoms with E-state index in [2.05, 4.69) is 16.7 Å². The van der Waals surface area contributed by atoms with Crippen molar-refractivity contribution in [1.29, 1.82) is 0 Å². The predicted molar refractivity (Wildman–Crippen MR) is 98.4 cm³/mol. The fourth-order valence-corrected chi connectivity index (χ4v) is 3.68. The van der Waals surface area contributed by atoms with E-state index in [9.17, 15) is 9.90 Å². The van der Waals surface area contributed by atoms with Crippen LogP contribution in [0, 0.1) is 0 Å². The molecule has 1 fully saturated rings. The van der Waals surface area contributed by atoms with Gasteiger partial charge in [-0.05, 0) is 39.0 Å². The van der Waals surface area contributed by atoms with Gasteiger partial charge in [0.25, 0.3) is 5.91 Å². The van der Waals surface area contributed by atoms with E-state index in [1.165, 1.54) is 0 Å². The zero-order valence-electron chi connectivity index (χ0n) is 15.7. The quantitative estimate of drug-likeness (QED) is 0.897. The standard InChI is InChI=1S/C19H29N3O3/c1-14-12-21(13-19(2,3)24)7-8-22(14)18(23)15-5-6-17-16(11-15)20(4)9-10-25-17/h5-6,11,14,24H,7-10,12-13H2,1-4H3. The highest BCUT2D eigenvalue weighted by Crippen LogP contribution is 2.32. The number of carbonyl (C=O) groups is 1. The van der Waals surface area contributed by atoms with E-state index in [1.54, 1.807) is 0 Å². The maximum absolute atomic E-state index is 13.0. The van der Waals surface area contributed by atoms with Crippen molar-refractivity contribution in [2.45, 2.75) is 32.4 Å². The van der Waals surface area contributed by atoms with Crippen LogP contribution in [-0.4, -0.2) is 78.8 Å². The van der Waals surface area contributed by atoms with Crippen LogP contribution in [0.4, 0.5) is 5.69 Å². The third-order valence-corrected chi connectivity index (χ3v) is 4.88. The van der Waals surface area contributed by atoms with Crippen molar-refractivity contribution in [2.75, 3.05) is 51.3 Å². The Bertz CT molecular complexity index is 641. The van der Waals surface area contributed by atoms with E-state index < -0.39 is 5.60 Å². The zero-order chi connectivity index (χ0) is 18.2. The molecule has 2 aliphatic rings. The monoisotopic (exact) mass is 347 g/mol. The second-order valence-electron chi connectivity index (χ2n) is 7.85. The first-order valence-corrected chi connectivity index (χ1v) is 8.98. The van der Waals surface area contributed by atoms with Gasteiger partial charge < -0.3 is 19.6 Å². The molecule has 1 N–H and O–H groups in total. The molecular formula is C19H29N3O3. The molecule has 0 aliphatic carbocycles. The second-order valence-corrected chi connectivity index (χ2v) is 7.85. The molecule has 1 aromatic carbocycles. The molecule has 6 heteroatoms. The number of rotatable bonds is 3. The average Bonchev–Trinajstić information content (AvgIpc) is 2.53. The molecule has 1 atom stereocenters. The van der Waals surface area contributed by atoms with Crippen molar-refractivity contribution in [1.82, 2.24) is 9.80 Å². The maximum atomic E-state index is 13.0. The molecule has 25 heavy (non-hydrogen) atoms. The van der Waals surface area contributed by atoms with Gasteiger partial charge in [0.05, 0.1) is 17.8 Å². The van der Waals surface area contributed by atoms with Crippen molar-refractivity contribution in [3.8, 4) is 5.75 Å². The van der Waals surface area contributed by atoms with E-state index in [4.69, 9.17) is 4.74 Å². The number of fused-ring (bicyclic) bond motifs is 1. The number of ether oxygens (including phenoxy) is 1. The summed E-state index contributed by atoms with van der Waals surface area (Å²) in [7, 11) is 2.02. The van der Waals surface area contributed by atoms with Gasteiger partial charge in [-0.1, -0.05) is 0 Å². The fraction of sp³-hybridized carbons (Fsp3) is 0.632. The van der Waals surface area contributed by atoms with Gasteiger partial charge in [-0.3, -0.25) is 9.69 Å². The first kappa shape index (κ1) is 18.0. The van der Waals surface area contributed by atoms with Crippen LogP contribution in [0.5, 0.6) is 5.75 Å². The molecule has 2 aliphatic heterocycles. The van der Waals surface area contributed by atoms with Crippen LogP contribution < -0.4 is 9.64 Å². The minimum atomic E-state index is -0.713. The summed E-state index contributed by atoms with van der Waals surface area (Å²) in [4.78, 5) is 19.3. The molecule has 6 nitrogen and oxygen atoms in total. The molecule has 0 bridgehead atoms. The van der Waals surface area contributed by atoms with E-state index >= 15 is 0 Å². The number of likely N-dealkylation sites (N-methyl/N-ethyl adjacent to an activating group) is 1. The molecule has 1 amide bonds. The Morgan fingerprint density at radius 3 is 2.76 bits per heavy atom. The van der Waals surface area contributed by atoms with Crippen LogP contribution in [0.3, 0.4) is 0 Å². The molecule has 0 saturated carbocycles. The highest BCUT2D eigenvalue weighted by atomic mass is 16.5. The number of nitrogens with zero attached hydrogens (tertiary/aromatic N) is 3. The highest BCUT2D eigenvalue weighted by Gasteiger charge is 2.31. The number of anilines is 1. The van der Waals surface area contributed by atoms with E-state index in [0.717, 1.165) is 31.1 Å². The molecule has 138 valence electrons. The molecule has 0 radical (unpaired) electrons. The lowest BCUT2D eigenvalue weighted by atomic mass is 10.1. The molecule has 2 heterocycles. The number of aliphatic hydroxyl groups is 1. The van der Waals surface area contributed by atoms with Gasteiger partial charge in [0, 0.05) is 44.8 Å². The Balaban J connectivity index is 1.71. The number of carbonyl (C=O) groups excluding carboxylic acids is 1. The third-order valence-electron chi connectivity index (χ3n) is 4.88. The van der Waals surface area contributed by atoms with E-state index in [0.29, 0.717) is 25.3 Å². The van der Waals surface area contributed by atoms with Gasteiger partial charge in [-0.15, -0.1) is 0 Å². The summed E-state index contributed by atoms with van der Waals surface area (Å²) in [6, 6.07) is 5.81. The summed E-state index contributed by atoms with van der Waals surface area (Å²) in [6.45, 7) is 10.1. The van der Waals surface area contributed by atoms with Crippen LogP contribution in [-0.2, 0) is 0 Å². The number of piperazine rings is 1. The molecule has 1 saturated heterocycles. The Morgan fingerprint density at radius 2 is 2.08 bits per heavy atom. The van der Waals surface area contributed by atoms with E-state index in [-0.39, 0.29) is 11.9 Å². The molecular weight excluding hydrogens is 318 g/mol. The van der Waals surface area contributed by atoms with Crippen molar-refractivity contribution < 1.29 is 14.6 Å². The van der Waals surface area contributed by atoms with E-state index in [1.807, 2.05) is 44.0 Å². The van der Waals surface area contributed by atoms with Gasteiger partial charge in [-0.2, -0.15) is 0 Å². The summed E-state index contributed by atoms with van der Waals surface area (Å²) in [5.74, 6) is 0.908. The van der Waals surface area contributed by atoms with Gasteiger partial charge in [0.1, 0.15) is 12.4 Å². The van der Waals surface area contributed by atoms with Crippen LogP contribution in [0.1, 0.15) is 31.1 Å². The van der Waals surface area contributed by atoms with Gasteiger partial charge >= 0.3 is 0 Å². The van der Waals surface area contributed by atoms with Gasteiger partial charge in [-0.25, -0.2) is 0 Å². The van der Waals surface area contributed by atoms with Crippen molar-refractivity contribution in [2.24, 2.45) is 0 Å². The molecule has 1 aromatic rings. The Morgan fingerprint density at radius 1 is 1.32 bits per heavy atom. The summed E-state index contributed by atoms with van der Waals surface area (Å²) < 4.78 is 5.66. The first-order chi connectivity index (χ1) is 11.7. The summed E-state index contributed by atoms with van der Waals surface area (Å²) >= 11 is 0. The van der Waals surface area contributed by atoms with Crippen molar-refractivity contribution in [3.63, 3.8) is 0 Å². The summed E-state index contributed by atoms with van der Waals surface area (Å²) in [5, 5.41) is 10.0. The normalized spacial score (nSPS) is 21.7. The fourth-order valence-electron chi connectivity index (χ4n) is 3.68. The highest BCUT2D eigenvalue weighted by molar-refractivity contribution is 5.96. The third kappa shape index (κ3) is 4.07. The number of benzene rings is 1. The number of hydrogen-bond acceptors (Lipinski definition) is 5. The van der Waals surface area contributed by atoms with Crippen LogP contribution in [0.15, 0.2) is 18.2 Å². The average molecular weight is 347 g/mol. The predicted octanol–water partition coefficient (Wildman–Crippen LogP) is 1.43. The van der Waals surface area contributed by atoms with Crippen LogP contribution in [0.2, 0.25) is 0 Å². The lowest BCUT2D eigenvalue weighted by Gasteiger charge is -2.41. The van der Waals surface area contributed by atoms with Gasteiger partial charge in [0.15, 0.2) is 0 Å². The Labute approximate surface area is 150 Å². The lowest BCUT2D eigenvalue weighted by molar-refractivity contribution is 0.00578. The summed E-state index contributed by atoms with van der Waals surface area (Å²) in [5.41, 5.74) is 0.971. The van der Waals surface area contributed by atoms with Crippen molar-refractivity contribution in [3.05, 3.63) is 23.8 Å². The van der Waals surface area contributed by atoms with Crippen LogP contribution in [0.25, 0.3) is 0 Å². The Hall–Kier alpha value is -1.79. The molecule has 0 spiro atoms. The lowest BCUT2D eigenvalue weighted by Crippen LogP contribution is -2.56. The topological polar surface area (TPSA) is 56.2 Å². The number of amides is 1. The number of β-amino-alcohol motifs (C(OH)–C–C–N with tert-alkyl or cyclic N) is 1. The van der Waals surface area contributed by atoms with Gasteiger partial charge in [0.2, 0.25) is 0 Å². The minimum Gasteiger partial charge on any atom is -0.490 e. The largest absolute Gasteiger partial charge is 0.490 e. The summed E-state index contributed by atoms with van der Waals surface area (Å²) in [6.07, 6.45) is 0. The molecule has 0 aromatic heterocycles. The molecule has 1 unspecified atom stereocenters.